The number of hydrogen-bond acceptors (Lipinski definition) is 4. The van der Waals surface area contributed by atoms with Gasteiger partial charge in [0, 0.05) is 22.2 Å². The van der Waals surface area contributed by atoms with Gasteiger partial charge in [0.1, 0.15) is 4.32 Å². The van der Waals surface area contributed by atoms with E-state index in [1.807, 2.05) is 61.5 Å². The SMILES string of the molecule is Cc1ccc(/C=C2\SC(=S)N(CCC(=O)Nc3ccc(I)cc3)C2=O)cc1. The molecule has 1 fully saturated rings. The topological polar surface area (TPSA) is 49.4 Å². The Hall–Kier alpha value is -1.71. The summed E-state index contributed by atoms with van der Waals surface area (Å²) in [5.41, 5.74) is 2.86. The fraction of sp³-hybridized carbons (Fsp3) is 0.150. The van der Waals surface area contributed by atoms with Gasteiger partial charge < -0.3 is 5.32 Å². The highest BCUT2D eigenvalue weighted by Gasteiger charge is 2.32. The zero-order valence-corrected chi connectivity index (χ0v) is 18.4. The van der Waals surface area contributed by atoms with Gasteiger partial charge in [-0.05, 0) is 65.4 Å². The Kier molecular flexibility index (Phi) is 6.67. The maximum atomic E-state index is 12.6. The van der Waals surface area contributed by atoms with Crippen molar-refractivity contribution in [2.24, 2.45) is 0 Å². The van der Waals surface area contributed by atoms with E-state index in [4.69, 9.17) is 12.2 Å². The molecule has 0 radical (unpaired) electrons. The molecule has 0 aromatic heterocycles. The number of hydrogen-bond donors (Lipinski definition) is 1. The van der Waals surface area contributed by atoms with Crippen molar-refractivity contribution in [3.05, 3.63) is 68.1 Å². The first kappa shape index (κ1) is 20.0. The lowest BCUT2D eigenvalue weighted by atomic mass is 10.1. The van der Waals surface area contributed by atoms with Crippen LogP contribution in [0.2, 0.25) is 0 Å². The normalized spacial score (nSPS) is 15.5. The predicted molar refractivity (Wildman–Crippen MR) is 123 cm³/mol. The first-order valence-corrected chi connectivity index (χ1v) is 10.6. The molecule has 7 heteroatoms. The van der Waals surface area contributed by atoms with Crippen LogP contribution in [0.1, 0.15) is 17.5 Å². The monoisotopic (exact) mass is 508 g/mol. The standard InChI is InChI=1S/C20H17IN2O2S2/c1-13-2-4-14(5-3-13)12-17-19(25)23(20(26)27-17)11-10-18(24)22-16-8-6-15(21)7-9-16/h2-9,12H,10-11H2,1H3,(H,22,24)/b17-12-. The molecule has 1 aliphatic rings. The maximum Gasteiger partial charge on any atom is 0.266 e. The molecule has 4 nitrogen and oxygen atoms in total. The zero-order chi connectivity index (χ0) is 19.4. The van der Waals surface area contributed by atoms with Gasteiger partial charge in [-0.15, -0.1) is 0 Å². The van der Waals surface area contributed by atoms with Gasteiger partial charge in [-0.1, -0.05) is 53.8 Å². The Morgan fingerprint density at radius 3 is 2.52 bits per heavy atom. The lowest BCUT2D eigenvalue weighted by Crippen LogP contribution is -2.31. The lowest BCUT2D eigenvalue weighted by Gasteiger charge is -2.14. The summed E-state index contributed by atoms with van der Waals surface area (Å²) in [6.45, 7) is 2.29. The Balaban J connectivity index is 1.59. The number of benzene rings is 2. The molecule has 0 saturated carbocycles. The van der Waals surface area contributed by atoms with E-state index in [0.717, 1.165) is 14.8 Å². The van der Waals surface area contributed by atoms with Gasteiger partial charge >= 0.3 is 0 Å². The summed E-state index contributed by atoms with van der Waals surface area (Å²) in [6.07, 6.45) is 2.03. The average Bonchev–Trinajstić information content (AvgIpc) is 2.90. The third kappa shape index (κ3) is 5.40. The fourth-order valence-electron chi connectivity index (χ4n) is 2.48. The van der Waals surface area contributed by atoms with Crippen molar-refractivity contribution in [1.29, 1.82) is 0 Å². The van der Waals surface area contributed by atoms with Crippen molar-refractivity contribution in [3.63, 3.8) is 0 Å². The molecule has 1 aliphatic heterocycles. The minimum atomic E-state index is -0.146. The van der Waals surface area contributed by atoms with Gasteiger partial charge in [-0.25, -0.2) is 0 Å². The molecule has 27 heavy (non-hydrogen) atoms. The summed E-state index contributed by atoms with van der Waals surface area (Å²) in [4.78, 5) is 26.8. The van der Waals surface area contributed by atoms with Gasteiger partial charge in [-0.3, -0.25) is 14.5 Å². The second-order valence-corrected chi connectivity index (χ2v) is 8.97. The molecule has 0 spiro atoms. The van der Waals surface area contributed by atoms with Crippen LogP contribution >= 0.6 is 46.6 Å². The van der Waals surface area contributed by atoms with E-state index in [1.165, 1.54) is 22.2 Å². The first-order chi connectivity index (χ1) is 12.9. The van der Waals surface area contributed by atoms with Crippen molar-refractivity contribution in [2.45, 2.75) is 13.3 Å². The molecule has 2 aromatic carbocycles. The number of carbonyl (C=O) groups is 2. The van der Waals surface area contributed by atoms with E-state index in [1.54, 1.807) is 0 Å². The molecule has 1 N–H and O–H groups in total. The van der Waals surface area contributed by atoms with Crippen LogP contribution in [0.5, 0.6) is 0 Å². The van der Waals surface area contributed by atoms with E-state index in [2.05, 4.69) is 27.9 Å². The third-order valence-corrected chi connectivity index (χ3v) is 6.04. The maximum absolute atomic E-state index is 12.6. The highest BCUT2D eigenvalue weighted by Crippen LogP contribution is 2.32. The van der Waals surface area contributed by atoms with E-state index in [9.17, 15) is 9.59 Å². The molecule has 0 unspecified atom stereocenters. The number of anilines is 1. The van der Waals surface area contributed by atoms with Crippen LogP contribution in [-0.4, -0.2) is 27.6 Å². The summed E-state index contributed by atoms with van der Waals surface area (Å²) in [5, 5.41) is 2.83. The number of aryl methyl sites for hydroxylation is 1. The summed E-state index contributed by atoms with van der Waals surface area (Å²) in [6, 6.07) is 15.5. The summed E-state index contributed by atoms with van der Waals surface area (Å²) < 4.78 is 1.59. The lowest BCUT2D eigenvalue weighted by molar-refractivity contribution is -0.122. The minimum absolute atomic E-state index is 0.146. The Morgan fingerprint density at radius 1 is 1.19 bits per heavy atom. The summed E-state index contributed by atoms with van der Waals surface area (Å²) >= 11 is 8.81. The molecule has 0 aliphatic carbocycles. The number of thiocarbonyl (C=S) groups is 1. The van der Waals surface area contributed by atoms with Crippen LogP contribution < -0.4 is 5.32 Å². The molecule has 0 bridgehead atoms. The fourth-order valence-corrected chi connectivity index (χ4v) is 4.15. The average molecular weight is 508 g/mol. The van der Waals surface area contributed by atoms with E-state index in [0.29, 0.717) is 9.23 Å². The third-order valence-electron chi connectivity index (χ3n) is 3.94. The molecule has 1 saturated heterocycles. The van der Waals surface area contributed by atoms with Gasteiger partial charge in [-0.2, -0.15) is 0 Å². The van der Waals surface area contributed by atoms with Gasteiger partial charge in [0.05, 0.1) is 4.91 Å². The Bertz CT molecular complexity index is 909. The van der Waals surface area contributed by atoms with Crippen molar-refractivity contribution in [3.8, 4) is 0 Å². The molecule has 3 rings (SSSR count). The van der Waals surface area contributed by atoms with Crippen LogP contribution in [0.15, 0.2) is 53.4 Å². The van der Waals surface area contributed by atoms with Crippen LogP contribution in [0.25, 0.3) is 6.08 Å². The van der Waals surface area contributed by atoms with Crippen molar-refractivity contribution < 1.29 is 9.59 Å². The summed E-state index contributed by atoms with van der Waals surface area (Å²) in [5.74, 6) is -0.291. The highest BCUT2D eigenvalue weighted by molar-refractivity contribution is 14.1. The van der Waals surface area contributed by atoms with Crippen LogP contribution in [-0.2, 0) is 9.59 Å². The number of nitrogens with one attached hydrogen (secondary N) is 1. The quantitative estimate of drug-likeness (QED) is 0.357. The molecule has 0 atom stereocenters. The molecular formula is C20H17IN2O2S2. The first-order valence-electron chi connectivity index (χ1n) is 8.30. The minimum Gasteiger partial charge on any atom is -0.326 e. The summed E-state index contributed by atoms with van der Waals surface area (Å²) in [7, 11) is 0. The molecule has 2 amide bonds. The van der Waals surface area contributed by atoms with Gasteiger partial charge in [0.2, 0.25) is 5.91 Å². The van der Waals surface area contributed by atoms with Crippen molar-refractivity contribution >= 4 is 74.5 Å². The highest BCUT2D eigenvalue weighted by atomic mass is 127. The zero-order valence-electron chi connectivity index (χ0n) is 14.6. The molecule has 1 heterocycles. The van der Waals surface area contributed by atoms with Gasteiger partial charge in [0.15, 0.2) is 0 Å². The van der Waals surface area contributed by atoms with Crippen LogP contribution in [0, 0.1) is 10.5 Å². The molecule has 138 valence electrons. The molecule has 2 aromatic rings. The van der Waals surface area contributed by atoms with Crippen molar-refractivity contribution in [2.75, 3.05) is 11.9 Å². The van der Waals surface area contributed by atoms with Crippen LogP contribution in [0.4, 0.5) is 5.69 Å². The number of halogens is 1. The van der Waals surface area contributed by atoms with Crippen LogP contribution in [0.3, 0.4) is 0 Å². The number of carbonyl (C=O) groups excluding carboxylic acids is 2. The smallest absolute Gasteiger partial charge is 0.266 e. The van der Waals surface area contributed by atoms with Crippen molar-refractivity contribution in [1.82, 2.24) is 4.90 Å². The largest absolute Gasteiger partial charge is 0.326 e. The Labute approximate surface area is 181 Å². The Morgan fingerprint density at radius 2 is 1.85 bits per heavy atom. The van der Waals surface area contributed by atoms with E-state index in [-0.39, 0.29) is 24.8 Å². The molecular weight excluding hydrogens is 491 g/mol. The number of amides is 2. The van der Waals surface area contributed by atoms with E-state index < -0.39 is 0 Å². The number of nitrogens with zero attached hydrogens (tertiary/aromatic N) is 1. The number of thioether (sulfide) groups is 1. The van der Waals surface area contributed by atoms with Gasteiger partial charge in [0.25, 0.3) is 5.91 Å². The second kappa shape index (κ2) is 8.99. The predicted octanol–water partition coefficient (Wildman–Crippen LogP) is 4.83. The van der Waals surface area contributed by atoms with E-state index >= 15 is 0 Å². The number of rotatable bonds is 5. The second-order valence-electron chi connectivity index (χ2n) is 6.05.